The molecule has 2 aromatic heterocycles. The Morgan fingerprint density at radius 1 is 1.27 bits per heavy atom. The monoisotopic (exact) mass is 405 g/mol. The number of carbonyl (C=O) groups is 1. The van der Waals surface area contributed by atoms with Crippen molar-refractivity contribution >= 4 is 23.8 Å². The van der Waals surface area contributed by atoms with Crippen molar-refractivity contribution in [3.63, 3.8) is 0 Å². The number of halogens is 1. The largest absolute Gasteiger partial charge is 0.360 e. The Bertz CT molecular complexity index is 1060. The number of anilines is 1. The van der Waals surface area contributed by atoms with Crippen molar-refractivity contribution in [1.29, 1.82) is 0 Å². The highest BCUT2D eigenvalue weighted by Gasteiger charge is 2.54. The minimum absolute atomic E-state index is 0.0199. The molecule has 4 heterocycles. The lowest BCUT2D eigenvalue weighted by Crippen LogP contribution is -2.48. The molecule has 30 heavy (non-hydrogen) atoms. The molecule has 0 bridgehead atoms. The molecule has 2 aromatic rings. The van der Waals surface area contributed by atoms with Crippen LogP contribution < -0.4 is 4.90 Å². The van der Waals surface area contributed by atoms with Crippen molar-refractivity contribution in [3.05, 3.63) is 53.7 Å². The molecule has 2 fully saturated rings. The van der Waals surface area contributed by atoms with Crippen molar-refractivity contribution in [2.75, 3.05) is 11.4 Å². The highest BCUT2D eigenvalue weighted by molar-refractivity contribution is 5.82. The maximum Gasteiger partial charge on any atom is 0.274 e. The van der Waals surface area contributed by atoms with Gasteiger partial charge in [-0.2, -0.15) is 10.1 Å². The van der Waals surface area contributed by atoms with E-state index in [0.29, 0.717) is 30.8 Å². The summed E-state index contributed by atoms with van der Waals surface area (Å²) in [5, 5.41) is 5.82. The standard InChI is InChI=1S/C21H20FN7O/c1-23-18-9-19(26-13-25-18)28-7-3-14(10-21(28)4-5-21)20(30)29-17(2-6-27-29)15-8-16(22)12-24-11-15/h6,8-9,11-14,17H,2-5,7,10H2/t14-,17-/m0/s1. The normalized spacial score (nSPS) is 24.1. The Hall–Kier alpha value is -3.41. The maximum atomic E-state index is 13.6. The van der Waals surface area contributed by atoms with Gasteiger partial charge in [-0.1, -0.05) is 6.57 Å². The lowest BCUT2D eigenvalue weighted by Gasteiger charge is -2.41. The van der Waals surface area contributed by atoms with Crippen LogP contribution in [-0.2, 0) is 4.79 Å². The predicted molar refractivity (Wildman–Crippen MR) is 107 cm³/mol. The van der Waals surface area contributed by atoms with Gasteiger partial charge in [0.25, 0.3) is 5.82 Å². The molecule has 9 heteroatoms. The molecular weight excluding hydrogens is 385 g/mol. The van der Waals surface area contributed by atoms with Gasteiger partial charge in [0, 0.05) is 42.9 Å². The summed E-state index contributed by atoms with van der Waals surface area (Å²) in [7, 11) is 0. The Balaban J connectivity index is 1.34. The molecule has 0 aromatic carbocycles. The molecule has 1 saturated carbocycles. The van der Waals surface area contributed by atoms with Gasteiger partial charge in [-0.25, -0.2) is 9.40 Å². The molecule has 0 N–H and O–H groups in total. The number of pyridine rings is 1. The van der Waals surface area contributed by atoms with Crippen LogP contribution in [0.3, 0.4) is 0 Å². The van der Waals surface area contributed by atoms with Gasteiger partial charge in [-0.15, -0.1) is 4.98 Å². The number of hydrogen-bond donors (Lipinski definition) is 0. The van der Waals surface area contributed by atoms with Crippen molar-refractivity contribution in [1.82, 2.24) is 20.0 Å². The van der Waals surface area contributed by atoms with Crippen molar-refractivity contribution < 1.29 is 9.18 Å². The van der Waals surface area contributed by atoms with E-state index in [0.717, 1.165) is 31.3 Å². The zero-order valence-corrected chi connectivity index (χ0v) is 16.3. The van der Waals surface area contributed by atoms with Crippen LogP contribution in [0.15, 0.2) is 36.0 Å². The second-order valence-corrected chi connectivity index (χ2v) is 8.08. The molecule has 2 atom stereocenters. The molecule has 1 saturated heterocycles. The Labute approximate surface area is 173 Å². The summed E-state index contributed by atoms with van der Waals surface area (Å²) in [6.45, 7) is 7.87. The molecule has 1 amide bonds. The van der Waals surface area contributed by atoms with Gasteiger partial charge in [0.15, 0.2) is 0 Å². The van der Waals surface area contributed by atoms with Crippen molar-refractivity contribution in [3.8, 4) is 0 Å². The fourth-order valence-corrected chi connectivity index (χ4v) is 4.63. The molecule has 3 aliphatic rings. The number of aromatic nitrogens is 3. The maximum absolute atomic E-state index is 13.6. The van der Waals surface area contributed by atoms with Gasteiger partial charge in [-0.3, -0.25) is 9.78 Å². The molecule has 1 spiro atoms. The SMILES string of the molecule is [C-]#[N+]c1cc(N2CC[C@H](C(=O)N3N=CC[C@H]3c3cncc(F)c3)CC23CC3)ncn1. The third-order valence-corrected chi connectivity index (χ3v) is 6.27. The molecule has 2 aliphatic heterocycles. The topological polar surface area (TPSA) is 78.9 Å². The highest BCUT2D eigenvalue weighted by Crippen LogP contribution is 2.52. The second kappa shape index (κ2) is 7.13. The van der Waals surface area contributed by atoms with Crippen LogP contribution in [0, 0.1) is 18.3 Å². The lowest BCUT2D eigenvalue weighted by molar-refractivity contribution is -0.138. The summed E-state index contributed by atoms with van der Waals surface area (Å²) in [5.74, 6) is 0.494. The first-order valence-electron chi connectivity index (χ1n) is 10.0. The molecule has 0 unspecified atom stereocenters. The smallest absolute Gasteiger partial charge is 0.274 e. The van der Waals surface area contributed by atoms with Crippen LogP contribution in [0.25, 0.3) is 4.85 Å². The van der Waals surface area contributed by atoms with Crippen LogP contribution in [-0.4, -0.2) is 44.2 Å². The van der Waals surface area contributed by atoms with E-state index in [1.165, 1.54) is 17.4 Å². The van der Waals surface area contributed by atoms with E-state index in [9.17, 15) is 9.18 Å². The second-order valence-electron chi connectivity index (χ2n) is 8.08. The van der Waals surface area contributed by atoms with E-state index in [1.54, 1.807) is 18.5 Å². The Morgan fingerprint density at radius 2 is 2.13 bits per heavy atom. The molecule has 8 nitrogen and oxygen atoms in total. The number of nitrogens with zero attached hydrogens (tertiary/aromatic N) is 7. The summed E-state index contributed by atoms with van der Waals surface area (Å²) in [6, 6.07) is 2.83. The van der Waals surface area contributed by atoms with Crippen LogP contribution in [0.5, 0.6) is 0 Å². The molecule has 0 radical (unpaired) electrons. The molecular formula is C21H20FN7O. The first kappa shape index (κ1) is 18.6. The van der Waals surface area contributed by atoms with Gasteiger partial charge in [-0.05, 0) is 37.3 Å². The summed E-state index contributed by atoms with van der Waals surface area (Å²) in [4.78, 5) is 31.2. The van der Waals surface area contributed by atoms with Gasteiger partial charge in [0.05, 0.1) is 12.2 Å². The highest BCUT2D eigenvalue weighted by atomic mass is 19.1. The zero-order valence-electron chi connectivity index (χ0n) is 16.3. The van der Waals surface area contributed by atoms with Crippen LogP contribution in [0.4, 0.5) is 16.0 Å². The Kier molecular flexibility index (Phi) is 4.42. The first-order valence-corrected chi connectivity index (χ1v) is 10.0. The van der Waals surface area contributed by atoms with E-state index in [1.807, 2.05) is 0 Å². The van der Waals surface area contributed by atoms with Gasteiger partial charge < -0.3 is 9.74 Å². The van der Waals surface area contributed by atoms with E-state index in [4.69, 9.17) is 6.57 Å². The first-order chi connectivity index (χ1) is 14.6. The zero-order chi connectivity index (χ0) is 20.7. The molecule has 152 valence electrons. The lowest BCUT2D eigenvalue weighted by atomic mass is 9.87. The van der Waals surface area contributed by atoms with E-state index < -0.39 is 5.82 Å². The van der Waals surface area contributed by atoms with Gasteiger partial charge >= 0.3 is 0 Å². The average molecular weight is 405 g/mol. The third kappa shape index (κ3) is 3.18. The minimum atomic E-state index is -0.416. The van der Waals surface area contributed by atoms with E-state index >= 15 is 0 Å². The number of carbonyl (C=O) groups excluding carboxylic acids is 1. The fourth-order valence-electron chi connectivity index (χ4n) is 4.63. The number of hydrazone groups is 1. The fraction of sp³-hybridized carbons (Fsp3) is 0.429. The molecule has 5 rings (SSSR count). The number of rotatable bonds is 3. The summed E-state index contributed by atoms with van der Waals surface area (Å²) in [5.41, 5.74) is 0.568. The summed E-state index contributed by atoms with van der Waals surface area (Å²) in [6.07, 6.45) is 9.84. The predicted octanol–water partition coefficient (Wildman–Crippen LogP) is 3.27. The van der Waals surface area contributed by atoms with Gasteiger partial charge in [0.1, 0.15) is 11.6 Å². The minimum Gasteiger partial charge on any atom is -0.360 e. The van der Waals surface area contributed by atoms with Gasteiger partial charge in [0.2, 0.25) is 12.2 Å². The Morgan fingerprint density at radius 3 is 2.90 bits per heavy atom. The van der Waals surface area contributed by atoms with Crippen LogP contribution >= 0.6 is 0 Å². The van der Waals surface area contributed by atoms with Crippen molar-refractivity contribution in [2.45, 2.75) is 43.7 Å². The molecule has 1 aliphatic carbocycles. The quantitative estimate of drug-likeness (QED) is 0.733. The van der Waals surface area contributed by atoms with E-state index in [-0.39, 0.29) is 23.4 Å². The summed E-state index contributed by atoms with van der Waals surface area (Å²) >= 11 is 0. The number of hydrogen-bond acceptors (Lipinski definition) is 6. The van der Waals surface area contributed by atoms with Crippen LogP contribution in [0.2, 0.25) is 0 Å². The van der Waals surface area contributed by atoms with Crippen LogP contribution in [0.1, 0.15) is 43.7 Å². The average Bonchev–Trinajstić information content (AvgIpc) is 3.34. The summed E-state index contributed by atoms with van der Waals surface area (Å²) < 4.78 is 13.6. The van der Waals surface area contributed by atoms with Crippen molar-refractivity contribution in [2.24, 2.45) is 11.0 Å². The third-order valence-electron chi connectivity index (χ3n) is 6.27. The number of amides is 1. The number of piperidine rings is 1. The van der Waals surface area contributed by atoms with E-state index in [2.05, 4.69) is 29.8 Å².